The van der Waals surface area contributed by atoms with Gasteiger partial charge < -0.3 is 43.6 Å². The number of cyclic esters (lactones) is 1. The Balaban J connectivity index is 1.30. The number of amides is 1. The van der Waals surface area contributed by atoms with Gasteiger partial charge >= 0.3 is 12.1 Å². The number of fused-ring (bicyclic) bond motifs is 1. The standard InChI is InChI=1S/C51H69FN4O10/c1-11-25-53-37-28-32(4)63-46(42(37)58)65-45-34(6)44(59)50(8,52)47(60)64-38(12-2)51(9)43(33(5)41(57)31(3)29-49(45,7)62-10)56(48(61)66-51)27-20-19-26-55-30-54-39(35-21-15-13-16-22-35)40(55)36-23-17-14-18-24-36/h11,13-18,21-24,30-34,37-38,42-43,45-46,53,58H,1,12,19-20,25-29H2,2-10H3/t31-,32-,33+,34-,37+,38-,42+,43?,45-,46+,49-,50+,51-/m1/s1. The fourth-order valence-corrected chi connectivity index (χ4v) is 10.5. The van der Waals surface area contributed by atoms with Crippen molar-refractivity contribution in [3.63, 3.8) is 0 Å². The van der Waals surface area contributed by atoms with Crippen LogP contribution in [0.4, 0.5) is 9.18 Å². The number of ether oxygens (including phenoxy) is 5. The molecule has 0 aliphatic carbocycles. The first-order chi connectivity index (χ1) is 31.3. The number of esters is 1. The number of ketones is 2. The van der Waals surface area contributed by atoms with Crippen LogP contribution >= 0.6 is 0 Å². The Hall–Kier alpha value is -4.80. The summed E-state index contributed by atoms with van der Waals surface area (Å²) in [7, 11) is 1.40. The summed E-state index contributed by atoms with van der Waals surface area (Å²) in [5.74, 6) is -5.89. The number of carbonyl (C=O) groups is 4. The summed E-state index contributed by atoms with van der Waals surface area (Å²) in [5.41, 5.74) is -2.48. The van der Waals surface area contributed by atoms with E-state index in [-0.39, 0.29) is 31.3 Å². The highest BCUT2D eigenvalue weighted by molar-refractivity contribution is 6.08. The van der Waals surface area contributed by atoms with Crippen LogP contribution in [0.1, 0.15) is 87.5 Å². The number of aliphatic hydroxyl groups is 1. The number of hydrogen-bond acceptors (Lipinski definition) is 12. The molecule has 13 atom stereocenters. The van der Waals surface area contributed by atoms with Gasteiger partial charge in [0, 0.05) is 61.7 Å². The maximum absolute atomic E-state index is 17.1. The van der Waals surface area contributed by atoms with Crippen molar-refractivity contribution in [2.75, 3.05) is 20.2 Å². The molecule has 1 unspecified atom stereocenters. The van der Waals surface area contributed by atoms with E-state index in [0.29, 0.717) is 32.4 Å². The number of aliphatic hydroxyl groups excluding tert-OH is 1. The minimum Gasteiger partial charge on any atom is -0.455 e. The zero-order valence-corrected chi connectivity index (χ0v) is 39.9. The normalized spacial score (nSPS) is 34.6. The summed E-state index contributed by atoms with van der Waals surface area (Å²) >= 11 is 0. The first-order valence-electron chi connectivity index (χ1n) is 23.3. The second-order valence-corrected chi connectivity index (χ2v) is 18.9. The third-order valence-electron chi connectivity index (χ3n) is 14.1. The number of nitrogens with one attached hydrogen (secondary N) is 1. The van der Waals surface area contributed by atoms with Crippen LogP contribution in [0.25, 0.3) is 22.5 Å². The zero-order chi connectivity index (χ0) is 48.1. The van der Waals surface area contributed by atoms with E-state index in [1.165, 1.54) is 18.9 Å². The molecule has 0 saturated carbocycles. The molecule has 2 N–H and O–H groups in total. The van der Waals surface area contributed by atoms with Crippen LogP contribution in [0.5, 0.6) is 0 Å². The smallest absolute Gasteiger partial charge is 0.410 e. The summed E-state index contributed by atoms with van der Waals surface area (Å²) in [5, 5.41) is 14.7. The molecule has 0 radical (unpaired) electrons. The van der Waals surface area contributed by atoms with Crippen LogP contribution in [0, 0.1) is 17.8 Å². The van der Waals surface area contributed by atoms with Crippen LogP contribution < -0.4 is 5.32 Å². The second-order valence-electron chi connectivity index (χ2n) is 18.9. The van der Waals surface area contributed by atoms with E-state index in [4.69, 9.17) is 28.7 Å². The van der Waals surface area contributed by atoms with E-state index in [0.717, 1.165) is 29.4 Å². The van der Waals surface area contributed by atoms with Gasteiger partial charge in [-0.2, -0.15) is 0 Å². The van der Waals surface area contributed by atoms with Crippen molar-refractivity contribution in [2.24, 2.45) is 17.8 Å². The van der Waals surface area contributed by atoms with Crippen molar-refractivity contribution in [1.29, 1.82) is 0 Å². The number of imidazole rings is 1. The molecule has 2 aromatic carbocycles. The molecular weight excluding hydrogens is 848 g/mol. The van der Waals surface area contributed by atoms with Crippen LogP contribution in [-0.4, -0.2) is 123 Å². The molecule has 66 heavy (non-hydrogen) atoms. The summed E-state index contributed by atoms with van der Waals surface area (Å²) < 4.78 is 50.0. The van der Waals surface area contributed by atoms with Crippen LogP contribution in [-0.2, 0) is 44.6 Å². The predicted molar refractivity (Wildman–Crippen MR) is 247 cm³/mol. The lowest BCUT2D eigenvalue weighted by molar-refractivity contribution is -0.290. The molecule has 3 aromatic rings. The van der Waals surface area contributed by atoms with Gasteiger partial charge in [-0.3, -0.25) is 9.59 Å². The average molecular weight is 917 g/mol. The first kappa shape index (κ1) is 50.6. The Bertz CT molecular complexity index is 2170. The number of unbranched alkanes of at least 4 members (excludes halogenated alkanes) is 1. The summed E-state index contributed by atoms with van der Waals surface area (Å²) in [6.07, 6.45) is -1.05. The molecule has 15 heteroatoms. The molecule has 14 nitrogen and oxygen atoms in total. The number of aromatic nitrogens is 2. The minimum atomic E-state index is -3.20. The third kappa shape index (κ3) is 10.2. The van der Waals surface area contributed by atoms with Crippen molar-refractivity contribution < 1.29 is 52.4 Å². The third-order valence-corrected chi connectivity index (χ3v) is 14.1. The number of hydrogen-bond donors (Lipinski definition) is 2. The van der Waals surface area contributed by atoms with Crippen molar-refractivity contribution >= 4 is 23.6 Å². The van der Waals surface area contributed by atoms with Crippen LogP contribution in [0.2, 0.25) is 0 Å². The number of methoxy groups -OCH3 is 1. The van der Waals surface area contributed by atoms with Crippen molar-refractivity contribution in [1.82, 2.24) is 19.8 Å². The zero-order valence-electron chi connectivity index (χ0n) is 39.9. The SMILES string of the molecule is C=CCN[C@H]1C[C@@H](C)O[C@@H](O[C@@H]2[C@H](C)C(=O)[C@](C)(F)C(=O)O[C@H](CC)[C@@]3(C)OC(=O)N(CCCCn4cnc(-c5ccccc5)c4-c4ccccc4)C3[C@@H](C)C(=O)[C@H](C)C[C@@]2(C)OC)[C@H]1O. The fourth-order valence-electron chi connectivity index (χ4n) is 10.5. The molecular formula is C51H69FN4O10. The second kappa shape index (κ2) is 21.0. The molecule has 0 bridgehead atoms. The number of carbonyl (C=O) groups excluding carboxylic acids is 4. The molecule has 3 fully saturated rings. The highest BCUT2D eigenvalue weighted by atomic mass is 19.1. The Morgan fingerprint density at radius 3 is 2.21 bits per heavy atom. The predicted octanol–water partition coefficient (Wildman–Crippen LogP) is 7.51. The first-order valence-corrected chi connectivity index (χ1v) is 23.3. The number of benzene rings is 2. The number of rotatable bonds is 14. The van der Waals surface area contributed by atoms with E-state index in [1.807, 2.05) is 73.9 Å². The van der Waals surface area contributed by atoms with Gasteiger partial charge in [0.15, 0.2) is 17.7 Å². The van der Waals surface area contributed by atoms with E-state index in [1.54, 1.807) is 40.7 Å². The maximum atomic E-state index is 17.1. The Morgan fingerprint density at radius 2 is 1.59 bits per heavy atom. The Labute approximate surface area is 388 Å². The minimum absolute atomic E-state index is 0.0199. The molecule has 1 amide bonds. The number of nitrogens with zero attached hydrogens (tertiary/aromatic N) is 3. The van der Waals surface area contributed by atoms with E-state index < -0.39 is 89.2 Å². The van der Waals surface area contributed by atoms with Crippen molar-refractivity contribution in [3.05, 3.63) is 79.6 Å². The molecule has 3 saturated heterocycles. The van der Waals surface area contributed by atoms with Gasteiger partial charge in [0.05, 0.1) is 41.6 Å². The van der Waals surface area contributed by atoms with Crippen LogP contribution in [0.15, 0.2) is 79.6 Å². The van der Waals surface area contributed by atoms with Crippen molar-refractivity contribution in [2.45, 2.75) is 154 Å². The lowest BCUT2D eigenvalue weighted by Crippen LogP contribution is -2.62. The summed E-state index contributed by atoms with van der Waals surface area (Å²) in [6.45, 7) is 17.4. The van der Waals surface area contributed by atoms with Gasteiger partial charge in [-0.15, -0.1) is 6.58 Å². The number of Topliss-reactive ketones (excluding diaryl/α,β-unsaturated/α-hetero) is 2. The van der Waals surface area contributed by atoms with Gasteiger partial charge in [0.2, 0.25) is 0 Å². The monoisotopic (exact) mass is 916 g/mol. The van der Waals surface area contributed by atoms with Gasteiger partial charge in [-0.25, -0.2) is 19.0 Å². The lowest BCUT2D eigenvalue weighted by atomic mass is 9.73. The van der Waals surface area contributed by atoms with E-state index in [2.05, 4.69) is 16.5 Å². The Kier molecular flexibility index (Phi) is 16.1. The molecule has 1 aromatic heterocycles. The molecule has 3 aliphatic heterocycles. The van der Waals surface area contributed by atoms with Gasteiger partial charge in [-0.1, -0.05) is 94.4 Å². The highest BCUT2D eigenvalue weighted by Crippen LogP contribution is 2.44. The summed E-state index contributed by atoms with van der Waals surface area (Å²) in [6, 6.07) is 18.6. The molecule has 6 rings (SSSR count). The maximum Gasteiger partial charge on any atom is 0.410 e. The highest BCUT2D eigenvalue weighted by Gasteiger charge is 2.61. The molecule has 360 valence electrons. The average Bonchev–Trinajstić information content (AvgIpc) is 3.85. The van der Waals surface area contributed by atoms with Gasteiger partial charge in [0.25, 0.3) is 5.67 Å². The van der Waals surface area contributed by atoms with E-state index in [9.17, 15) is 24.3 Å². The molecule has 4 heterocycles. The van der Waals surface area contributed by atoms with Gasteiger partial charge in [0.1, 0.15) is 18.0 Å². The van der Waals surface area contributed by atoms with Gasteiger partial charge in [-0.05, 0) is 59.8 Å². The number of aryl methyl sites for hydroxylation is 1. The van der Waals surface area contributed by atoms with Crippen molar-refractivity contribution in [3.8, 4) is 22.5 Å². The van der Waals surface area contributed by atoms with Crippen LogP contribution in [0.3, 0.4) is 0 Å². The fraction of sp³-hybridized carbons (Fsp3) is 0.588. The summed E-state index contributed by atoms with van der Waals surface area (Å²) in [4.78, 5) is 63.8. The number of alkyl halides is 1. The quantitative estimate of drug-likeness (QED) is 0.0709. The largest absolute Gasteiger partial charge is 0.455 e. The molecule has 0 spiro atoms. The lowest BCUT2D eigenvalue weighted by Gasteiger charge is -2.46. The molecule has 3 aliphatic rings. The number of halogens is 1. The topological polar surface area (TPSA) is 168 Å². The van der Waals surface area contributed by atoms with E-state index >= 15 is 4.39 Å². The Morgan fingerprint density at radius 1 is 0.955 bits per heavy atom.